The summed E-state index contributed by atoms with van der Waals surface area (Å²) in [6, 6.07) is -0.458. The van der Waals surface area contributed by atoms with Crippen LogP contribution in [0.1, 0.15) is 0 Å². The number of likely N-dealkylation sites (N-methyl/N-ethyl adjacent to an activating group) is 1. The Hall–Kier alpha value is -0.850. The highest BCUT2D eigenvalue weighted by Crippen LogP contribution is 1.97. The molecular weight excluding hydrogens is 206 g/mol. The maximum Gasteiger partial charge on any atom is 0.312 e. The van der Waals surface area contributed by atoms with Crippen molar-refractivity contribution in [3.05, 3.63) is 0 Å². The molecule has 4 N–H and O–H groups in total. The van der Waals surface area contributed by atoms with Crippen LogP contribution in [0.4, 0.5) is 4.79 Å². The fourth-order valence-corrected chi connectivity index (χ4v) is 1.71. The van der Waals surface area contributed by atoms with Gasteiger partial charge in [-0.15, -0.1) is 0 Å². The largest absolute Gasteiger partial charge is 0.352 e. The molecule has 0 unspecified atom stereocenters. The Labute approximate surface area is 97.1 Å². The number of rotatable bonds is 6. The van der Waals surface area contributed by atoms with Crippen LogP contribution in [0, 0.1) is 0 Å². The summed E-state index contributed by atoms with van der Waals surface area (Å²) in [6.45, 7) is 8.02. The SMILES string of the molecule is CN1CCN(CCNCCNC(N)=O)CC1. The molecule has 1 aliphatic heterocycles. The zero-order valence-electron chi connectivity index (χ0n) is 10.0. The Kier molecular flexibility index (Phi) is 6.14. The lowest BCUT2D eigenvalue weighted by Crippen LogP contribution is -2.46. The van der Waals surface area contributed by atoms with E-state index in [0.717, 1.165) is 45.8 Å². The lowest BCUT2D eigenvalue weighted by Gasteiger charge is -2.32. The van der Waals surface area contributed by atoms with Crippen molar-refractivity contribution in [2.45, 2.75) is 0 Å². The molecule has 6 nitrogen and oxygen atoms in total. The van der Waals surface area contributed by atoms with Gasteiger partial charge >= 0.3 is 6.03 Å². The van der Waals surface area contributed by atoms with Gasteiger partial charge in [-0.05, 0) is 7.05 Å². The summed E-state index contributed by atoms with van der Waals surface area (Å²) in [5.74, 6) is 0. The maximum absolute atomic E-state index is 10.4. The van der Waals surface area contributed by atoms with E-state index < -0.39 is 6.03 Å². The third kappa shape index (κ3) is 5.89. The molecule has 1 aliphatic rings. The number of hydrogen-bond donors (Lipinski definition) is 3. The fourth-order valence-electron chi connectivity index (χ4n) is 1.71. The number of nitrogens with zero attached hydrogens (tertiary/aromatic N) is 2. The average Bonchev–Trinajstić information content (AvgIpc) is 2.25. The molecular formula is C10H23N5O. The summed E-state index contributed by atoms with van der Waals surface area (Å²) in [6.07, 6.45) is 0. The highest BCUT2D eigenvalue weighted by Gasteiger charge is 2.12. The van der Waals surface area contributed by atoms with Crippen LogP contribution < -0.4 is 16.4 Å². The molecule has 1 saturated heterocycles. The van der Waals surface area contributed by atoms with E-state index in [2.05, 4.69) is 27.5 Å². The molecule has 0 spiro atoms. The van der Waals surface area contributed by atoms with Gasteiger partial charge in [0.1, 0.15) is 0 Å². The van der Waals surface area contributed by atoms with Crippen molar-refractivity contribution >= 4 is 6.03 Å². The summed E-state index contributed by atoms with van der Waals surface area (Å²) < 4.78 is 0. The van der Waals surface area contributed by atoms with Gasteiger partial charge in [-0.1, -0.05) is 0 Å². The minimum absolute atomic E-state index is 0.458. The van der Waals surface area contributed by atoms with E-state index in [9.17, 15) is 4.79 Å². The van der Waals surface area contributed by atoms with Crippen LogP contribution in [0.5, 0.6) is 0 Å². The third-order valence-corrected chi connectivity index (χ3v) is 2.80. The fraction of sp³-hybridized carbons (Fsp3) is 0.900. The van der Waals surface area contributed by atoms with Gasteiger partial charge in [0.05, 0.1) is 0 Å². The van der Waals surface area contributed by atoms with E-state index >= 15 is 0 Å². The van der Waals surface area contributed by atoms with Gasteiger partial charge in [0, 0.05) is 52.4 Å². The molecule has 0 radical (unpaired) electrons. The predicted molar refractivity (Wildman–Crippen MR) is 64.4 cm³/mol. The Morgan fingerprint density at radius 2 is 1.88 bits per heavy atom. The van der Waals surface area contributed by atoms with Crippen molar-refractivity contribution in [1.82, 2.24) is 20.4 Å². The number of piperazine rings is 1. The smallest absolute Gasteiger partial charge is 0.312 e. The van der Waals surface area contributed by atoms with Crippen LogP contribution in [-0.2, 0) is 0 Å². The van der Waals surface area contributed by atoms with Crippen LogP contribution in [0.25, 0.3) is 0 Å². The first kappa shape index (κ1) is 13.2. The molecule has 0 atom stereocenters. The van der Waals surface area contributed by atoms with Crippen molar-refractivity contribution in [3.63, 3.8) is 0 Å². The Bertz CT molecular complexity index is 203. The van der Waals surface area contributed by atoms with E-state index in [1.54, 1.807) is 0 Å². The number of carbonyl (C=O) groups excluding carboxylic acids is 1. The van der Waals surface area contributed by atoms with Crippen molar-refractivity contribution in [3.8, 4) is 0 Å². The van der Waals surface area contributed by atoms with Crippen molar-refractivity contribution in [1.29, 1.82) is 0 Å². The molecule has 2 amide bonds. The van der Waals surface area contributed by atoms with E-state index in [1.807, 2.05) is 0 Å². The first-order chi connectivity index (χ1) is 7.68. The molecule has 0 bridgehead atoms. The monoisotopic (exact) mass is 229 g/mol. The Morgan fingerprint density at radius 3 is 2.50 bits per heavy atom. The molecule has 0 aromatic carbocycles. The Balaban J connectivity index is 1.89. The van der Waals surface area contributed by atoms with E-state index in [1.165, 1.54) is 0 Å². The van der Waals surface area contributed by atoms with E-state index in [-0.39, 0.29) is 0 Å². The van der Waals surface area contributed by atoms with Gasteiger partial charge in [0.2, 0.25) is 0 Å². The van der Waals surface area contributed by atoms with E-state index in [0.29, 0.717) is 6.54 Å². The van der Waals surface area contributed by atoms with Gasteiger partial charge < -0.3 is 21.3 Å². The molecule has 1 rings (SSSR count). The number of primary amides is 1. The molecule has 16 heavy (non-hydrogen) atoms. The predicted octanol–water partition coefficient (Wildman–Crippen LogP) is -1.51. The molecule has 94 valence electrons. The van der Waals surface area contributed by atoms with Crippen LogP contribution in [0.3, 0.4) is 0 Å². The van der Waals surface area contributed by atoms with Crippen molar-refractivity contribution < 1.29 is 4.79 Å². The molecule has 0 saturated carbocycles. The first-order valence-corrected chi connectivity index (χ1v) is 5.83. The molecule has 0 aromatic heterocycles. The molecule has 1 fully saturated rings. The topological polar surface area (TPSA) is 73.6 Å². The van der Waals surface area contributed by atoms with Crippen LogP contribution >= 0.6 is 0 Å². The van der Waals surface area contributed by atoms with Gasteiger partial charge in [0.25, 0.3) is 0 Å². The maximum atomic E-state index is 10.4. The minimum atomic E-state index is -0.458. The second-order valence-corrected chi connectivity index (χ2v) is 4.19. The number of urea groups is 1. The Morgan fingerprint density at radius 1 is 1.19 bits per heavy atom. The molecule has 0 aromatic rings. The zero-order chi connectivity index (χ0) is 11.8. The summed E-state index contributed by atoms with van der Waals surface area (Å²) in [7, 11) is 2.16. The summed E-state index contributed by atoms with van der Waals surface area (Å²) >= 11 is 0. The lowest BCUT2D eigenvalue weighted by atomic mass is 10.3. The summed E-state index contributed by atoms with van der Waals surface area (Å²) in [4.78, 5) is 15.2. The highest BCUT2D eigenvalue weighted by molar-refractivity contribution is 5.71. The van der Waals surface area contributed by atoms with Crippen LogP contribution in [0.2, 0.25) is 0 Å². The third-order valence-electron chi connectivity index (χ3n) is 2.80. The van der Waals surface area contributed by atoms with Crippen molar-refractivity contribution in [2.75, 3.05) is 59.4 Å². The summed E-state index contributed by atoms with van der Waals surface area (Å²) in [5, 5.41) is 5.82. The second-order valence-electron chi connectivity index (χ2n) is 4.19. The molecule has 1 heterocycles. The average molecular weight is 229 g/mol. The van der Waals surface area contributed by atoms with E-state index in [4.69, 9.17) is 5.73 Å². The minimum Gasteiger partial charge on any atom is -0.352 e. The van der Waals surface area contributed by atoms with Crippen LogP contribution in [-0.4, -0.2) is 75.2 Å². The van der Waals surface area contributed by atoms with Gasteiger partial charge in [-0.3, -0.25) is 4.90 Å². The quantitative estimate of drug-likeness (QED) is 0.484. The summed E-state index contributed by atoms with van der Waals surface area (Å²) in [5.41, 5.74) is 4.95. The molecule has 6 heteroatoms. The number of carbonyl (C=O) groups is 1. The second kappa shape index (κ2) is 7.43. The highest BCUT2D eigenvalue weighted by atomic mass is 16.2. The zero-order valence-corrected chi connectivity index (χ0v) is 10.0. The molecule has 0 aliphatic carbocycles. The first-order valence-electron chi connectivity index (χ1n) is 5.83. The number of hydrogen-bond acceptors (Lipinski definition) is 4. The van der Waals surface area contributed by atoms with Gasteiger partial charge in [-0.25, -0.2) is 4.79 Å². The lowest BCUT2D eigenvalue weighted by molar-refractivity contribution is 0.155. The number of nitrogens with one attached hydrogen (secondary N) is 2. The van der Waals surface area contributed by atoms with Gasteiger partial charge in [-0.2, -0.15) is 0 Å². The van der Waals surface area contributed by atoms with Crippen LogP contribution in [0.15, 0.2) is 0 Å². The number of amides is 2. The standard InChI is InChI=1S/C10H23N5O/c1-14-6-8-15(9-7-14)5-4-12-2-3-13-10(11)16/h12H,2-9H2,1H3,(H3,11,13,16). The van der Waals surface area contributed by atoms with Crippen molar-refractivity contribution in [2.24, 2.45) is 5.73 Å². The normalized spacial score (nSPS) is 18.6. The number of nitrogens with two attached hydrogens (primary N) is 1. The van der Waals surface area contributed by atoms with Gasteiger partial charge in [0.15, 0.2) is 0 Å².